The van der Waals surface area contributed by atoms with Gasteiger partial charge in [-0.1, -0.05) is 31.5 Å². The van der Waals surface area contributed by atoms with Crippen LogP contribution in [0.15, 0.2) is 42.5 Å². The fourth-order valence-electron chi connectivity index (χ4n) is 11.8. The van der Waals surface area contributed by atoms with Gasteiger partial charge in [0.2, 0.25) is 5.67 Å². The SMILES string of the molecule is CC[C@H]1CN(C(=O)[C@]2(F)CN(C3[C@@H]4CC5C[C@H]3CC(O)(C5)C4)C[C@H]2c2ccc(OC)cc2)C[C@@H]1c1ccc(C(F)(F)F)cc1N1CCC(C(=O)O)CC1. The molecule has 3 saturated heterocycles. The molecule has 12 heteroatoms. The van der Waals surface area contributed by atoms with E-state index < -0.39 is 46.7 Å². The molecule has 7 fully saturated rings. The number of likely N-dealkylation sites (tertiary alicyclic amines) is 2. The van der Waals surface area contributed by atoms with Gasteiger partial charge < -0.3 is 24.7 Å². The summed E-state index contributed by atoms with van der Waals surface area (Å²) in [5.74, 6) is -1.49. The van der Waals surface area contributed by atoms with E-state index in [9.17, 15) is 33.0 Å². The molecule has 0 spiro atoms. The lowest BCUT2D eigenvalue weighted by molar-refractivity contribution is -0.160. The van der Waals surface area contributed by atoms with E-state index in [0.29, 0.717) is 68.4 Å². The average Bonchev–Trinajstić information content (AvgIpc) is 3.71. The van der Waals surface area contributed by atoms with Crippen molar-refractivity contribution in [2.75, 3.05) is 51.3 Å². The molecule has 288 valence electrons. The van der Waals surface area contributed by atoms with E-state index in [1.807, 2.05) is 24.0 Å². The maximum atomic E-state index is 18.2. The number of hydrogen-bond acceptors (Lipinski definition) is 6. The second-order valence-electron chi connectivity index (χ2n) is 17.2. The molecule has 2 aromatic rings. The number of carbonyl (C=O) groups excluding carboxylic acids is 1. The Morgan fingerprint density at radius 3 is 2.23 bits per heavy atom. The third-order valence-corrected chi connectivity index (χ3v) is 14.1. The summed E-state index contributed by atoms with van der Waals surface area (Å²) < 4.78 is 65.6. The third-order valence-electron chi connectivity index (χ3n) is 14.1. The molecule has 1 amide bonds. The predicted molar refractivity (Wildman–Crippen MR) is 191 cm³/mol. The van der Waals surface area contributed by atoms with Crippen LogP contribution in [-0.2, 0) is 15.8 Å². The second kappa shape index (κ2) is 13.4. The van der Waals surface area contributed by atoms with Gasteiger partial charge in [0.25, 0.3) is 5.91 Å². The van der Waals surface area contributed by atoms with E-state index in [0.717, 1.165) is 43.7 Å². The topological polar surface area (TPSA) is 93.6 Å². The number of ether oxygens (including phenoxy) is 1. The van der Waals surface area contributed by atoms with E-state index in [-0.39, 0.29) is 42.8 Å². The Morgan fingerprint density at radius 2 is 1.64 bits per heavy atom. The van der Waals surface area contributed by atoms with Crippen LogP contribution in [0.2, 0.25) is 0 Å². The maximum Gasteiger partial charge on any atom is 0.416 e. The molecule has 4 bridgehead atoms. The molecule has 53 heavy (non-hydrogen) atoms. The van der Waals surface area contributed by atoms with Crippen molar-refractivity contribution in [3.05, 3.63) is 59.2 Å². The minimum Gasteiger partial charge on any atom is -0.497 e. The van der Waals surface area contributed by atoms with Crippen molar-refractivity contribution in [2.45, 2.75) is 93.6 Å². The summed E-state index contributed by atoms with van der Waals surface area (Å²) in [5.41, 5.74) is -1.80. The third kappa shape index (κ3) is 6.49. The zero-order valence-corrected chi connectivity index (χ0v) is 30.5. The lowest BCUT2D eigenvalue weighted by Gasteiger charge is -2.60. The molecular weight excluding hydrogens is 690 g/mol. The van der Waals surface area contributed by atoms with Gasteiger partial charge in [0.05, 0.1) is 24.2 Å². The van der Waals surface area contributed by atoms with Crippen LogP contribution in [0.4, 0.5) is 23.2 Å². The maximum absolute atomic E-state index is 18.2. The van der Waals surface area contributed by atoms with Gasteiger partial charge in [-0.2, -0.15) is 13.2 Å². The highest BCUT2D eigenvalue weighted by atomic mass is 19.4. The van der Waals surface area contributed by atoms with Crippen molar-refractivity contribution in [2.24, 2.45) is 29.6 Å². The molecule has 7 aliphatic rings. The molecule has 0 aromatic heterocycles. The number of amides is 1. The number of methoxy groups -OCH3 is 1. The van der Waals surface area contributed by atoms with E-state index in [1.165, 1.54) is 12.1 Å². The molecule has 4 aliphatic carbocycles. The number of benzene rings is 2. The first-order valence-corrected chi connectivity index (χ1v) is 19.5. The molecule has 9 rings (SSSR count). The average molecular weight is 742 g/mol. The number of carboxylic acids is 1. The summed E-state index contributed by atoms with van der Waals surface area (Å²) in [6.07, 6.45) is 1.08. The van der Waals surface area contributed by atoms with Crippen LogP contribution in [0.1, 0.15) is 86.8 Å². The Bertz CT molecular complexity index is 1700. The van der Waals surface area contributed by atoms with Gasteiger partial charge in [0.15, 0.2) is 0 Å². The number of aliphatic hydroxyl groups is 1. The van der Waals surface area contributed by atoms with Crippen LogP contribution in [0.3, 0.4) is 0 Å². The normalized spacial score (nSPS) is 36.0. The van der Waals surface area contributed by atoms with Gasteiger partial charge in [-0.15, -0.1) is 0 Å². The van der Waals surface area contributed by atoms with Crippen LogP contribution in [0.5, 0.6) is 5.75 Å². The van der Waals surface area contributed by atoms with Crippen LogP contribution < -0.4 is 9.64 Å². The van der Waals surface area contributed by atoms with Crippen molar-refractivity contribution in [1.29, 1.82) is 0 Å². The van der Waals surface area contributed by atoms with Gasteiger partial charge in [-0.25, -0.2) is 4.39 Å². The van der Waals surface area contributed by atoms with Gasteiger partial charge in [0.1, 0.15) is 5.75 Å². The second-order valence-corrected chi connectivity index (χ2v) is 17.2. The first-order valence-electron chi connectivity index (χ1n) is 19.5. The van der Waals surface area contributed by atoms with Gasteiger partial charge in [-0.05, 0) is 104 Å². The molecule has 4 saturated carbocycles. The minimum atomic E-state index is -4.56. The summed E-state index contributed by atoms with van der Waals surface area (Å²) >= 11 is 0. The quantitative estimate of drug-likeness (QED) is 0.291. The number of anilines is 1. The first kappa shape index (κ1) is 36.6. The number of alkyl halides is 4. The number of carboxylic acid groups (broad SMARTS) is 1. The van der Waals surface area contributed by atoms with Crippen molar-refractivity contribution < 1.29 is 42.1 Å². The van der Waals surface area contributed by atoms with Crippen LogP contribution in [-0.4, -0.2) is 95.6 Å². The zero-order valence-electron chi connectivity index (χ0n) is 30.5. The molecule has 3 unspecified atom stereocenters. The fourth-order valence-corrected chi connectivity index (χ4v) is 11.8. The summed E-state index contributed by atoms with van der Waals surface area (Å²) in [6.45, 7) is 3.45. The molecule has 2 N–H and O–H groups in total. The highest BCUT2D eigenvalue weighted by molar-refractivity contribution is 5.88. The van der Waals surface area contributed by atoms with Crippen LogP contribution in [0.25, 0.3) is 0 Å². The number of aliphatic carboxylic acids is 1. The predicted octanol–water partition coefficient (Wildman–Crippen LogP) is 6.71. The highest BCUT2D eigenvalue weighted by Crippen LogP contribution is 2.58. The minimum absolute atomic E-state index is 0.0364. The largest absolute Gasteiger partial charge is 0.497 e. The van der Waals surface area contributed by atoms with Crippen molar-refractivity contribution in [1.82, 2.24) is 9.80 Å². The molecule has 9 atom stereocenters. The number of carbonyl (C=O) groups is 2. The molecule has 2 aromatic carbocycles. The summed E-state index contributed by atoms with van der Waals surface area (Å²) in [7, 11) is 1.57. The Kier molecular flexibility index (Phi) is 9.27. The van der Waals surface area contributed by atoms with Crippen molar-refractivity contribution >= 4 is 17.6 Å². The lowest BCUT2D eigenvalue weighted by atomic mass is 9.52. The van der Waals surface area contributed by atoms with E-state index in [1.54, 1.807) is 24.1 Å². The number of halogens is 4. The van der Waals surface area contributed by atoms with Crippen LogP contribution >= 0.6 is 0 Å². The molecule has 3 aliphatic heterocycles. The van der Waals surface area contributed by atoms with E-state index in [2.05, 4.69) is 4.90 Å². The van der Waals surface area contributed by atoms with Gasteiger partial charge in [0, 0.05) is 62.8 Å². The number of rotatable bonds is 8. The Balaban J connectivity index is 1.09. The highest BCUT2D eigenvalue weighted by Gasteiger charge is 2.62. The molecule has 0 radical (unpaired) electrons. The van der Waals surface area contributed by atoms with E-state index >= 15 is 4.39 Å². The monoisotopic (exact) mass is 741 g/mol. The Hall–Kier alpha value is -3.38. The van der Waals surface area contributed by atoms with Crippen molar-refractivity contribution in [3.8, 4) is 5.75 Å². The summed E-state index contributed by atoms with van der Waals surface area (Å²) in [6, 6.07) is 11.2. The zero-order chi connectivity index (χ0) is 37.4. The first-order chi connectivity index (χ1) is 25.2. The van der Waals surface area contributed by atoms with Gasteiger partial charge >= 0.3 is 12.1 Å². The van der Waals surface area contributed by atoms with Gasteiger partial charge in [-0.3, -0.25) is 14.5 Å². The lowest BCUT2D eigenvalue weighted by Crippen LogP contribution is -2.61. The van der Waals surface area contributed by atoms with E-state index in [4.69, 9.17) is 4.74 Å². The standard InChI is InChI=1S/C41H51F4N3O5/c1-3-25-20-47(21-33(25)32-9-6-30(41(43,44)45)16-35(32)46-12-10-27(11-13-46)37(49)50)38(51)40(42)23-48(22-34(40)26-4-7-31(53-2)8-5-26)36-28-14-24-15-29(36)19-39(52,17-24)18-28/h4-9,16,24-25,27-29,33-34,36,52H,3,10-15,17-23H2,1-2H3,(H,49,50)/t24?,25-,28-,29+,33-,34-,36?,39?,40-/m0/s1. The fraction of sp³-hybridized carbons (Fsp3) is 0.659. The van der Waals surface area contributed by atoms with Crippen molar-refractivity contribution in [3.63, 3.8) is 0 Å². The molecule has 8 nitrogen and oxygen atoms in total. The summed E-state index contributed by atoms with van der Waals surface area (Å²) in [5, 5.41) is 20.8. The Morgan fingerprint density at radius 1 is 0.962 bits per heavy atom. The van der Waals surface area contributed by atoms with Crippen LogP contribution in [0, 0.1) is 29.6 Å². The summed E-state index contributed by atoms with van der Waals surface area (Å²) in [4.78, 5) is 32.2. The number of nitrogens with zero attached hydrogens (tertiary/aromatic N) is 3. The number of hydrogen-bond donors (Lipinski definition) is 2. The number of piperidine rings is 1. The Labute approximate surface area is 308 Å². The molecule has 3 heterocycles. The molecular formula is C41H51F4N3O5. The smallest absolute Gasteiger partial charge is 0.416 e.